The number of anilines is 3. The fourth-order valence-corrected chi connectivity index (χ4v) is 5.22. The smallest absolute Gasteiger partial charge is 0.258 e. The third kappa shape index (κ3) is 4.14. The quantitative estimate of drug-likeness (QED) is 0.511. The first kappa shape index (κ1) is 23.0. The van der Waals surface area contributed by atoms with Gasteiger partial charge < -0.3 is 19.4 Å². The lowest BCUT2D eigenvalue weighted by atomic mass is 9.89. The molecule has 2 aliphatic rings. The number of amides is 2. The van der Waals surface area contributed by atoms with Crippen molar-refractivity contribution in [3.05, 3.63) is 83.9 Å². The van der Waals surface area contributed by atoms with Crippen LogP contribution in [0.25, 0.3) is 0 Å². The SMILES string of the molecule is CCC(=O)N(c1ccccc1)[C@H]1C[C@@H](C)N(C(=O)c2ccc3c(c2)OCCN3C)c2ccccc21. The standard InChI is InChI=1S/C29H31N3O3/c1-4-28(33)32(22-10-6-5-7-11-22)26-18-20(2)31(24-13-9-8-12-23(24)26)29(34)21-14-15-25-27(19-21)35-17-16-30(25)3/h5-15,19-20,26H,4,16-18H2,1-3H3/t20-,26+/m1/s1. The highest BCUT2D eigenvalue weighted by Crippen LogP contribution is 2.43. The summed E-state index contributed by atoms with van der Waals surface area (Å²) in [5, 5.41) is 0. The van der Waals surface area contributed by atoms with Crippen LogP contribution in [0.2, 0.25) is 0 Å². The number of rotatable bonds is 4. The number of para-hydroxylation sites is 2. The second kappa shape index (κ2) is 9.45. The lowest BCUT2D eigenvalue weighted by molar-refractivity contribution is -0.118. The maximum atomic E-state index is 13.9. The molecule has 2 heterocycles. The summed E-state index contributed by atoms with van der Waals surface area (Å²) in [4.78, 5) is 32.9. The van der Waals surface area contributed by atoms with Crippen LogP contribution in [0.1, 0.15) is 48.7 Å². The van der Waals surface area contributed by atoms with Gasteiger partial charge in [-0.25, -0.2) is 0 Å². The second-order valence-corrected chi connectivity index (χ2v) is 9.24. The Balaban J connectivity index is 1.54. The molecule has 0 saturated carbocycles. The molecule has 35 heavy (non-hydrogen) atoms. The number of likely N-dealkylation sites (N-methyl/N-ethyl adjacent to an activating group) is 1. The number of hydrogen-bond acceptors (Lipinski definition) is 4. The van der Waals surface area contributed by atoms with Crippen LogP contribution in [0, 0.1) is 0 Å². The zero-order valence-corrected chi connectivity index (χ0v) is 20.5. The molecular weight excluding hydrogens is 438 g/mol. The van der Waals surface area contributed by atoms with E-state index in [-0.39, 0.29) is 23.9 Å². The Morgan fingerprint density at radius 1 is 1.00 bits per heavy atom. The predicted molar refractivity (Wildman–Crippen MR) is 139 cm³/mol. The van der Waals surface area contributed by atoms with E-state index < -0.39 is 0 Å². The van der Waals surface area contributed by atoms with E-state index in [2.05, 4.69) is 11.8 Å². The normalized spacial score (nSPS) is 18.8. The van der Waals surface area contributed by atoms with Crippen molar-refractivity contribution in [2.45, 2.75) is 38.8 Å². The number of carbonyl (C=O) groups is 2. The monoisotopic (exact) mass is 469 g/mol. The first-order chi connectivity index (χ1) is 17.0. The lowest BCUT2D eigenvalue weighted by Crippen LogP contribution is -2.47. The molecule has 0 aromatic heterocycles. The van der Waals surface area contributed by atoms with Crippen molar-refractivity contribution < 1.29 is 14.3 Å². The number of nitrogens with zero attached hydrogens (tertiary/aromatic N) is 3. The van der Waals surface area contributed by atoms with Crippen molar-refractivity contribution >= 4 is 28.9 Å². The number of carbonyl (C=O) groups excluding carboxylic acids is 2. The molecule has 5 rings (SSSR count). The molecule has 6 nitrogen and oxygen atoms in total. The minimum atomic E-state index is -0.152. The average molecular weight is 470 g/mol. The third-order valence-corrected chi connectivity index (χ3v) is 7.00. The molecule has 180 valence electrons. The molecule has 2 aliphatic heterocycles. The van der Waals surface area contributed by atoms with Gasteiger partial charge in [-0.1, -0.05) is 43.3 Å². The Labute approximate surface area is 206 Å². The molecular formula is C29H31N3O3. The fraction of sp³-hybridized carbons (Fsp3) is 0.310. The summed E-state index contributed by atoms with van der Waals surface area (Å²) in [5.41, 5.74) is 4.31. The first-order valence-corrected chi connectivity index (χ1v) is 12.3. The fourth-order valence-electron chi connectivity index (χ4n) is 5.22. The Morgan fingerprint density at radius 3 is 2.51 bits per heavy atom. The van der Waals surface area contributed by atoms with Crippen LogP contribution in [-0.4, -0.2) is 38.1 Å². The van der Waals surface area contributed by atoms with Crippen molar-refractivity contribution in [2.75, 3.05) is 34.9 Å². The highest BCUT2D eigenvalue weighted by molar-refractivity contribution is 6.08. The molecule has 2 amide bonds. The van der Waals surface area contributed by atoms with Gasteiger partial charge in [0, 0.05) is 36.4 Å². The van der Waals surface area contributed by atoms with Gasteiger partial charge in [-0.2, -0.15) is 0 Å². The molecule has 2 atom stereocenters. The van der Waals surface area contributed by atoms with Crippen molar-refractivity contribution in [3.63, 3.8) is 0 Å². The summed E-state index contributed by atoms with van der Waals surface area (Å²) in [6.07, 6.45) is 1.06. The summed E-state index contributed by atoms with van der Waals surface area (Å²) in [7, 11) is 2.03. The first-order valence-electron chi connectivity index (χ1n) is 12.3. The molecule has 0 bridgehead atoms. The van der Waals surface area contributed by atoms with Crippen LogP contribution >= 0.6 is 0 Å². The van der Waals surface area contributed by atoms with E-state index in [9.17, 15) is 9.59 Å². The average Bonchev–Trinajstić information content (AvgIpc) is 2.89. The molecule has 0 radical (unpaired) electrons. The van der Waals surface area contributed by atoms with Gasteiger partial charge in [-0.3, -0.25) is 9.59 Å². The molecule has 0 N–H and O–H groups in total. The van der Waals surface area contributed by atoms with Gasteiger partial charge in [0.15, 0.2) is 0 Å². The predicted octanol–water partition coefficient (Wildman–Crippen LogP) is 5.44. The van der Waals surface area contributed by atoms with Crippen molar-refractivity contribution in [1.82, 2.24) is 0 Å². The molecule has 0 spiro atoms. The summed E-state index contributed by atoms with van der Waals surface area (Å²) in [6, 6.07) is 23.2. The van der Waals surface area contributed by atoms with Gasteiger partial charge in [0.1, 0.15) is 12.4 Å². The number of benzene rings is 3. The zero-order chi connectivity index (χ0) is 24.5. The maximum absolute atomic E-state index is 13.9. The van der Waals surface area contributed by atoms with Gasteiger partial charge >= 0.3 is 0 Å². The molecule has 3 aromatic rings. The Bertz CT molecular complexity index is 1240. The largest absolute Gasteiger partial charge is 0.490 e. The van der Waals surface area contributed by atoms with Gasteiger partial charge in [0.25, 0.3) is 5.91 Å². The highest BCUT2D eigenvalue weighted by Gasteiger charge is 2.38. The Morgan fingerprint density at radius 2 is 1.74 bits per heavy atom. The van der Waals surface area contributed by atoms with E-state index in [1.165, 1.54) is 0 Å². The van der Waals surface area contributed by atoms with E-state index in [4.69, 9.17) is 4.74 Å². The van der Waals surface area contributed by atoms with Crippen molar-refractivity contribution in [2.24, 2.45) is 0 Å². The molecule has 0 saturated heterocycles. The summed E-state index contributed by atoms with van der Waals surface area (Å²) in [5.74, 6) is 0.749. The van der Waals surface area contributed by atoms with Gasteiger partial charge in [-0.05, 0) is 55.3 Å². The van der Waals surface area contributed by atoms with Crippen molar-refractivity contribution in [1.29, 1.82) is 0 Å². The topological polar surface area (TPSA) is 53.1 Å². The molecule has 0 unspecified atom stereocenters. The minimum absolute atomic E-state index is 0.0592. The number of fused-ring (bicyclic) bond motifs is 2. The van der Waals surface area contributed by atoms with Crippen LogP contribution in [0.15, 0.2) is 72.8 Å². The van der Waals surface area contributed by atoms with E-state index >= 15 is 0 Å². The number of hydrogen-bond donors (Lipinski definition) is 0. The van der Waals surface area contributed by atoms with E-state index in [0.29, 0.717) is 25.0 Å². The second-order valence-electron chi connectivity index (χ2n) is 9.24. The molecule has 3 aromatic carbocycles. The molecule has 6 heteroatoms. The lowest BCUT2D eigenvalue weighted by Gasteiger charge is -2.43. The van der Waals surface area contributed by atoms with Crippen LogP contribution in [0.4, 0.5) is 17.1 Å². The molecule has 0 aliphatic carbocycles. The summed E-state index contributed by atoms with van der Waals surface area (Å²) < 4.78 is 5.85. The Kier molecular flexibility index (Phi) is 6.20. The van der Waals surface area contributed by atoms with Gasteiger partial charge in [-0.15, -0.1) is 0 Å². The maximum Gasteiger partial charge on any atom is 0.258 e. The van der Waals surface area contributed by atoms with Crippen LogP contribution in [-0.2, 0) is 4.79 Å². The van der Waals surface area contributed by atoms with Gasteiger partial charge in [0.2, 0.25) is 5.91 Å². The van der Waals surface area contributed by atoms with Crippen LogP contribution < -0.4 is 19.4 Å². The van der Waals surface area contributed by atoms with E-state index in [1.807, 2.05) is 96.6 Å². The minimum Gasteiger partial charge on any atom is -0.490 e. The summed E-state index contributed by atoms with van der Waals surface area (Å²) in [6.45, 7) is 5.38. The molecule has 0 fully saturated rings. The third-order valence-electron chi connectivity index (χ3n) is 7.00. The highest BCUT2D eigenvalue weighted by atomic mass is 16.5. The summed E-state index contributed by atoms with van der Waals surface area (Å²) >= 11 is 0. The Hall–Kier alpha value is -3.80. The van der Waals surface area contributed by atoms with Gasteiger partial charge in [0.05, 0.1) is 18.3 Å². The van der Waals surface area contributed by atoms with Crippen LogP contribution in [0.3, 0.4) is 0 Å². The van der Waals surface area contributed by atoms with Crippen molar-refractivity contribution in [3.8, 4) is 5.75 Å². The van der Waals surface area contributed by atoms with E-state index in [1.54, 1.807) is 0 Å². The number of ether oxygens (including phenoxy) is 1. The van der Waals surface area contributed by atoms with Crippen LogP contribution in [0.5, 0.6) is 5.75 Å². The zero-order valence-electron chi connectivity index (χ0n) is 20.5. The van der Waals surface area contributed by atoms with E-state index in [0.717, 1.165) is 34.9 Å².